The number of para-hydroxylation sites is 2. The lowest BCUT2D eigenvalue weighted by atomic mass is 9.90. The van der Waals surface area contributed by atoms with Gasteiger partial charge < -0.3 is 19.6 Å². The van der Waals surface area contributed by atoms with Gasteiger partial charge in [-0.3, -0.25) is 14.4 Å². The third kappa shape index (κ3) is 3.25. The van der Waals surface area contributed by atoms with Crippen LogP contribution in [0.1, 0.15) is 26.7 Å². The van der Waals surface area contributed by atoms with Crippen LogP contribution in [-0.4, -0.2) is 54.0 Å². The van der Waals surface area contributed by atoms with Gasteiger partial charge in [0.05, 0.1) is 23.6 Å². The lowest BCUT2D eigenvalue weighted by molar-refractivity contribution is -0.147. The molecule has 0 saturated carbocycles. The molecular weight excluding hydrogens is 336 g/mol. The zero-order valence-electron chi connectivity index (χ0n) is 15.1. The number of likely N-dealkylation sites (tertiary alicyclic amines) is 1. The summed E-state index contributed by atoms with van der Waals surface area (Å²) in [5, 5.41) is 9.34. The first kappa shape index (κ1) is 18.2. The molecule has 1 aromatic rings. The number of carboxylic acids is 1. The van der Waals surface area contributed by atoms with E-state index >= 15 is 0 Å². The molecule has 2 atom stereocenters. The monoisotopic (exact) mass is 360 g/mol. The number of anilines is 1. The highest BCUT2D eigenvalue weighted by Crippen LogP contribution is 2.36. The van der Waals surface area contributed by atoms with Crippen molar-refractivity contribution in [2.75, 3.05) is 31.1 Å². The van der Waals surface area contributed by atoms with Crippen molar-refractivity contribution in [2.45, 2.75) is 26.7 Å². The molecule has 0 radical (unpaired) electrons. The van der Waals surface area contributed by atoms with Crippen LogP contribution in [0, 0.1) is 11.3 Å². The molecule has 0 aliphatic carbocycles. The Morgan fingerprint density at radius 2 is 2.08 bits per heavy atom. The predicted octanol–water partition coefficient (Wildman–Crippen LogP) is 1.76. The fourth-order valence-corrected chi connectivity index (χ4v) is 3.65. The zero-order valence-corrected chi connectivity index (χ0v) is 15.1. The molecule has 2 amide bonds. The number of nitrogens with zero attached hydrogens (tertiary/aromatic N) is 2. The Morgan fingerprint density at radius 3 is 2.73 bits per heavy atom. The number of hydrogen-bond acceptors (Lipinski definition) is 4. The number of carbonyl (C=O) groups excluding carboxylic acids is 2. The van der Waals surface area contributed by atoms with Crippen molar-refractivity contribution in [2.24, 2.45) is 11.3 Å². The molecule has 0 spiro atoms. The Morgan fingerprint density at radius 1 is 1.35 bits per heavy atom. The second kappa shape index (κ2) is 6.97. The zero-order chi connectivity index (χ0) is 18.9. The van der Waals surface area contributed by atoms with Gasteiger partial charge in [-0.1, -0.05) is 12.1 Å². The van der Waals surface area contributed by atoms with Crippen LogP contribution in [0.2, 0.25) is 0 Å². The molecule has 2 aliphatic heterocycles. The molecule has 26 heavy (non-hydrogen) atoms. The molecule has 2 fully saturated rings. The third-order valence-corrected chi connectivity index (χ3v) is 5.23. The maximum Gasteiger partial charge on any atom is 0.311 e. The molecule has 7 heteroatoms. The number of amides is 2. The normalized spacial score (nSPS) is 25.6. The van der Waals surface area contributed by atoms with E-state index in [4.69, 9.17) is 4.74 Å². The van der Waals surface area contributed by atoms with Gasteiger partial charge in [-0.05, 0) is 32.4 Å². The summed E-state index contributed by atoms with van der Waals surface area (Å²) in [6, 6.07) is 7.29. The lowest BCUT2D eigenvalue weighted by Gasteiger charge is -2.23. The fourth-order valence-electron chi connectivity index (χ4n) is 3.65. The summed E-state index contributed by atoms with van der Waals surface area (Å²) in [7, 11) is 0. The van der Waals surface area contributed by atoms with Gasteiger partial charge in [0.1, 0.15) is 5.75 Å². The van der Waals surface area contributed by atoms with Crippen LogP contribution in [0.15, 0.2) is 24.3 Å². The molecule has 0 bridgehead atoms. The minimum absolute atomic E-state index is 0.115. The molecule has 140 valence electrons. The van der Waals surface area contributed by atoms with E-state index in [1.165, 1.54) is 0 Å². The first-order valence-corrected chi connectivity index (χ1v) is 8.90. The summed E-state index contributed by atoms with van der Waals surface area (Å²) in [5.74, 6) is -0.970. The van der Waals surface area contributed by atoms with Gasteiger partial charge in [0.25, 0.3) is 0 Å². The smallest absolute Gasteiger partial charge is 0.311 e. The number of ether oxygens (including phenoxy) is 1. The summed E-state index contributed by atoms with van der Waals surface area (Å²) < 4.78 is 5.59. The second-order valence-corrected chi connectivity index (χ2v) is 7.18. The summed E-state index contributed by atoms with van der Waals surface area (Å²) >= 11 is 0. The minimum atomic E-state index is -0.903. The number of hydrogen-bond donors (Lipinski definition) is 1. The van der Waals surface area contributed by atoms with Crippen LogP contribution < -0.4 is 9.64 Å². The van der Waals surface area contributed by atoms with Crippen LogP contribution in [0.5, 0.6) is 5.75 Å². The molecule has 2 saturated heterocycles. The maximum atomic E-state index is 12.8. The van der Waals surface area contributed by atoms with Gasteiger partial charge in [0, 0.05) is 26.1 Å². The highest BCUT2D eigenvalue weighted by atomic mass is 16.5. The van der Waals surface area contributed by atoms with E-state index in [9.17, 15) is 19.5 Å². The van der Waals surface area contributed by atoms with Gasteiger partial charge in [0.15, 0.2) is 0 Å². The van der Waals surface area contributed by atoms with Gasteiger partial charge in [-0.2, -0.15) is 0 Å². The van der Waals surface area contributed by atoms with Crippen molar-refractivity contribution in [1.29, 1.82) is 0 Å². The topological polar surface area (TPSA) is 87.2 Å². The third-order valence-electron chi connectivity index (χ3n) is 5.23. The summed E-state index contributed by atoms with van der Waals surface area (Å²) in [4.78, 5) is 39.9. The highest BCUT2D eigenvalue weighted by molar-refractivity contribution is 6.01. The van der Waals surface area contributed by atoms with Crippen molar-refractivity contribution in [3.8, 4) is 5.75 Å². The predicted molar refractivity (Wildman–Crippen MR) is 95.0 cm³/mol. The van der Waals surface area contributed by atoms with Gasteiger partial charge >= 0.3 is 5.97 Å². The standard InChI is InChI=1S/C19H24N2O5/c1-3-26-15-7-5-4-6-14(15)21-11-13(10-16(21)22)17(23)20-9-8-19(2,12-20)18(24)25/h4-7,13H,3,8-12H2,1-2H3,(H,24,25). The van der Waals surface area contributed by atoms with Crippen molar-refractivity contribution >= 4 is 23.5 Å². The fraction of sp³-hybridized carbons (Fsp3) is 0.526. The first-order chi connectivity index (χ1) is 12.4. The molecule has 2 unspecified atom stereocenters. The van der Waals surface area contributed by atoms with E-state index in [1.54, 1.807) is 22.8 Å². The minimum Gasteiger partial charge on any atom is -0.492 e. The van der Waals surface area contributed by atoms with E-state index in [1.807, 2.05) is 25.1 Å². The van der Waals surface area contributed by atoms with Crippen LogP contribution in [0.25, 0.3) is 0 Å². The van der Waals surface area contributed by atoms with Crippen molar-refractivity contribution in [3.05, 3.63) is 24.3 Å². The molecule has 1 N–H and O–H groups in total. The van der Waals surface area contributed by atoms with Crippen LogP contribution >= 0.6 is 0 Å². The molecule has 1 aromatic carbocycles. The van der Waals surface area contributed by atoms with Crippen molar-refractivity contribution in [3.63, 3.8) is 0 Å². The van der Waals surface area contributed by atoms with E-state index in [0.717, 1.165) is 0 Å². The van der Waals surface area contributed by atoms with Gasteiger partial charge in [-0.15, -0.1) is 0 Å². The number of aliphatic carboxylic acids is 1. The Labute approximate surface area is 152 Å². The molecule has 2 heterocycles. The van der Waals surface area contributed by atoms with E-state index < -0.39 is 17.3 Å². The highest BCUT2D eigenvalue weighted by Gasteiger charge is 2.45. The molecule has 0 aromatic heterocycles. The van der Waals surface area contributed by atoms with Crippen LogP contribution in [-0.2, 0) is 14.4 Å². The average molecular weight is 360 g/mol. The second-order valence-electron chi connectivity index (χ2n) is 7.18. The van der Waals surface area contributed by atoms with Crippen LogP contribution in [0.3, 0.4) is 0 Å². The molecule has 2 aliphatic rings. The Kier molecular flexibility index (Phi) is 4.89. The number of rotatable bonds is 5. The average Bonchev–Trinajstić information content (AvgIpc) is 3.19. The Balaban J connectivity index is 1.72. The Bertz CT molecular complexity index is 734. The summed E-state index contributed by atoms with van der Waals surface area (Å²) in [6.07, 6.45) is 0.575. The number of carbonyl (C=O) groups is 3. The first-order valence-electron chi connectivity index (χ1n) is 8.90. The SMILES string of the molecule is CCOc1ccccc1N1CC(C(=O)N2CCC(C)(C(=O)O)C2)CC1=O. The summed E-state index contributed by atoms with van der Waals surface area (Å²) in [5.41, 5.74) is -0.231. The number of carboxylic acid groups (broad SMARTS) is 1. The Hall–Kier alpha value is -2.57. The molecule has 7 nitrogen and oxygen atoms in total. The van der Waals surface area contributed by atoms with Crippen molar-refractivity contribution in [1.82, 2.24) is 4.90 Å². The summed E-state index contributed by atoms with van der Waals surface area (Å²) in [6.45, 7) is 4.93. The van der Waals surface area contributed by atoms with Crippen molar-refractivity contribution < 1.29 is 24.2 Å². The maximum absolute atomic E-state index is 12.8. The largest absolute Gasteiger partial charge is 0.492 e. The quantitative estimate of drug-likeness (QED) is 0.865. The lowest BCUT2D eigenvalue weighted by Crippen LogP contribution is -2.39. The van der Waals surface area contributed by atoms with Gasteiger partial charge in [-0.25, -0.2) is 0 Å². The molecular formula is C19H24N2O5. The molecule has 3 rings (SSSR count). The van der Waals surface area contributed by atoms with E-state index in [2.05, 4.69) is 0 Å². The van der Waals surface area contributed by atoms with Crippen LogP contribution in [0.4, 0.5) is 5.69 Å². The van der Waals surface area contributed by atoms with E-state index in [-0.39, 0.29) is 24.8 Å². The number of benzene rings is 1. The van der Waals surface area contributed by atoms with Gasteiger partial charge in [0.2, 0.25) is 11.8 Å². The van der Waals surface area contributed by atoms with E-state index in [0.29, 0.717) is 37.6 Å².